The molecule has 0 radical (unpaired) electrons. The number of nitrogens with zero attached hydrogens (tertiary/aromatic N) is 2. The molecule has 0 bridgehead atoms. The third kappa shape index (κ3) is 4.04. The van der Waals surface area contributed by atoms with E-state index in [1.165, 1.54) is 28.7 Å². The Morgan fingerprint density at radius 1 is 1.34 bits per heavy atom. The fourth-order valence-electron chi connectivity index (χ4n) is 3.17. The molecule has 9 heteroatoms. The first-order valence-electron chi connectivity index (χ1n) is 8.96. The number of aromatic nitrogens is 3. The summed E-state index contributed by atoms with van der Waals surface area (Å²) in [6, 6.07) is 8.21. The summed E-state index contributed by atoms with van der Waals surface area (Å²) in [5, 5.41) is 5.38. The van der Waals surface area contributed by atoms with Crippen molar-refractivity contribution < 1.29 is 14.3 Å². The van der Waals surface area contributed by atoms with Crippen molar-refractivity contribution in [3.8, 4) is 0 Å². The molecule has 29 heavy (non-hydrogen) atoms. The van der Waals surface area contributed by atoms with Crippen molar-refractivity contribution in [1.82, 2.24) is 19.7 Å². The quantitative estimate of drug-likeness (QED) is 0.473. The van der Waals surface area contributed by atoms with E-state index in [2.05, 4.69) is 15.3 Å². The number of rotatable bonds is 6. The van der Waals surface area contributed by atoms with Crippen LogP contribution in [0.5, 0.6) is 0 Å². The van der Waals surface area contributed by atoms with Crippen molar-refractivity contribution >= 4 is 39.1 Å². The van der Waals surface area contributed by atoms with Crippen LogP contribution in [-0.2, 0) is 27.4 Å². The molecule has 0 fully saturated rings. The summed E-state index contributed by atoms with van der Waals surface area (Å²) in [6.07, 6.45) is 3.74. The van der Waals surface area contributed by atoms with Gasteiger partial charge in [-0.05, 0) is 11.6 Å². The van der Waals surface area contributed by atoms with Gasteiger partial charge in [-0.25, -0.2) is 9.78 Å². The molecular weight excluding hydrogens is 392 g/mol. The molecule has 0 aliphatic carbocycles. The Labute approximate surface area is 169 Å². The van der Waals surface area contributed by atoms with Crippen molar-refractivity contribution in [3.05, 3.63) is 69.7 Å². The third-order valence-electron chi connectivity index (χ3n) is 4.48. The first-order chi connectivity index (χ1) is 14.0. The number of fused-ring (bicyclic) bond motifs is 2. The van der Waals surface area contributed by atoms with Gasteiger partial charge in [0.1, 0.15) is 12.6 Å². The monoisotopic (exact) mass is 410 g/mol. The molecule has 0 aliphatic rings. The maximum Gasteiger partial charge on any atom is 0.329 e. The number of benzene rings is 1. The Bertz CT molecular complexity index is 1260. The number of ether oxygens (including phenoxy) is 1. The largest absolute Gasteiger partial charge is 0.458 e. The number of H-pyrrole nitrogens is 1. The first-order valence-corrected chi connectivity index (χ1v) is 9.84. The molecule has 0 aliphatic heterocycles. The Morgan fingerprint density at radius 3 is 3.00 bits per heavy atom. The van der Waals surface area contributed by atoms with E-state index in [1.54, 1.807) is 11.6 Å². The normalized spacial score (nSPS) is 12.2. The summed E-state index contributed by atoms with van der Waals surface area (Å²) >= 11 is 1.32. The van der Waals surface area contributed by atoms with E-state index >= 15 is 0 Å². The highest BCUT2D eigenvalue weighted by atomic mass is 32.1. The third-order valence-corrected chi connectivity index (χ3v) is 5.24. The van der Waals surface area contributed by atoms with Gasteiger partial charge in [0.25, 0.3) is 5.56 Å². The van der Waals surface area contributed by atoms with Crippen molar-refractivity contribution in [2.75, 3.05) is 0 Å². The zero-order valence-corrected chi connectivity index (χ0v) is 16.4. The second-order valence-electron chi connectivity index (χ2n) is 6.57. The molecule has 1 aromatic carbocycles. The number of amides is 1. The lowest BCUT2D eigenvalue weighted by Crippen LogP contribution is -2.42. The van der Waals surface area contributed by atoms with Crippen molar-refractivity contribution in [2.24, 2.45) is 0 Å². The van der Waals surface area contributed by atoms with Gasteiger partial charge in [-0.2, -0.15) is 0 Å². The van der Waals surface area contributed by atoms with Gasteiger partial charge in [-0.3, -0.25) is 14.0 Å². The van der Waals surface area contributed by atoms with Gasteiger partial charge in [-0.15, -0.1) is 11.3 Å². The molecule has 0 saturated carbocycles. The average molecular weight is 410 g/mol. The number of thiazole rings is 1. The minimum Gasteiger partial charge on any atom is -0.458 e. The summed E-state index contributed by atoms with van der Waals surface area (Å²) in [6.45, 7) is 1.20. The number of carbonyl (C=O) groups excluding carboxylic acids is 2. The summed E-state index contributed by atoms with van der Waals surface area (Å²) in [5.74, 6) is -0.915. The molecule has 0 unspecified atom stereocenters. The number of hydrogen-bond donors (Lipinski definition) is 2. The van der Waals surface area contributed by atoms with Crippen LogP contribution in [0.3, 0.4) is 0 Å². The van der Waals surface area contributed by atoms with Crippen molar-refractivity contribution in [3.63, 3.8) is 0 Å². The van der Waals surface area contributed by atoms with Crippen molar-refractivity contribution in [2.45, 2.75) is 26.0 Å². The lowest BCUT2D eigenvalue weighted by Gasteiger charge is -2.16. The van der Waals surface area contributed by atoms with E-state index in [0.29, 0.717) is 10.7 Å². The van der Waals surface area contributed by atoms with Gasteiger partial charge >= 0.3 is 5.97 Å². The number of nitrogens with one attached hydrogen (secondary N) is 2. The van der Waals surface area contributed by atoms with Gasteiger partial charge in [0.05, 0.1) is 5.69 Å². The predicted octanol–water partition coefficient (Wildman–Crippen LogP) is 2.03. The number of esters is 1. The standard InChI is InChI=1S/C20H18N4O4S/c1-12(25)22-17(8-13-10-21-16-5-3-2-4-15(13)16)19(27)28-11-14-9-18(26)24-6-7-29-20(24)23-14/h2-7,9-10,17,21H,8,11H2,1H3,(H,22,25)/t17-/m0/s1. The lowest BCUT2D eigenvalue weighted by atomic mass is 10.0. The molecule has 8 nitrogen and oxygen atoms in total. The fraction of sp³-hybridized carbons (Fsp3) is 0.200. The summed E-state index contributed by atoms with van der Waals surface area (Å²) in [7, 11) is 0. The highest BCUT2D eigenvalue weighted by Gasteiger charge is 2.23. The zero-order chi connectivity index (χ0) is 20.4. The lowest BCUT2D eigenvalue weighted by molar-refractivity contribution is -0.149. The van der Waals surface area contributed by atoms with Crippen molar-refractivity contribution in [1.29, 1.82) is 0 Å². The SMILES string of the molecule is CC(=O)N[C@@H](Cc1c[nH]c2ccccc12)C(=O)OCc1cc(=O)n2ccsc2n1. The second-order valence-corrected chi connectivity index (χ2v) is 7.44. The molecule has 1 amide bonds. The van der Waals surface area contributed by atoms with E-state index in [9.17, 15) is 14.4 Å². The van der Waals surface area contributed by atoms with Crippen LogP contribution in [0.15, 0.2) is 52.9 Å². The summed E-state index contributed by atoms with van der Waals surface area (Å²) < 4.78 is 6.79. The number of hydrogen-bond acceptors (Lipinski definition) is 6. The Balaban J connectivity index is 1.50. The summed E-state index contributed by atoms with van der Waals surface area (Å²) in [5.41, 5.74) is 1.97. The van der Waals surface area contributed by atoms with Crippen LogP contribution in [0, 0.1) is 0 Å². The summed E-state index contributed by atoms with van der Waals surface area (Å²) in [4.78, 5) is 44.3. The molecule has 0 saturated heterocycles. The maximum atomic E-state index is 12.7. The minimum absolute atomic E-state index is 0.146. The van der Waals surface area contributed by atoms with Crippen LogP contribution in [-0.4, -0.2) is 32.3 Å². The van der Waals surface area contributed by atoms with E-state index in [1.807, 2.05) is 30.5 Å². The molecule has 4 rings (SSSR count). The van der Waals surface area contributed by atoms with Crippen LogP contribution in [0.4, 0.5) is 0 Å². The van der Waals surface area contributed by atoms with Crippen LogP contribution in [0.25, 0.3) is 15.9 Å². The van der Waals surface area contributed by atoms with Gasteiger partial charge in [-0.1, -0.05) is 18.2 Å². The number of para-hydroxylation sites is 1. The molecule has 4 aromatic rings. The van der Waals surface area contributed by atoms with Crippen LogP contribution in [0.1, 0.15) is 18.2 Å². The number of carbonyl (C=O) groups is 2. The first kappa shape index (κ1) is 18.9. The topological polar surface area (TPSA) is 106 Å². The van der Waals surface area contributed by atoms with E-state index in [4.69, 9.17) is 4.74 Å². The highest BCUT2D eigenvalue weighted by molar-refractivity contribution is 7.15. The molecule has 1 atom stereocenters. The van der Waals surface area contributed by atoms with E-state index in [0.717, 1.165) is 16.5 Å². The predicted molar refractivity (Wildman–Crippen MR) is 109 cm³/mol. The minimum atomic E-state index is -0.849. The van der Waals surface area contributed by atoms with Gasteiger partial charge in [0.15, 0.2) is 4.96 Å². The molecule has 148 valence electrons. The van der Waals surface area contributed by atoms with Crippen LogP contribution < -0.4 is 10.9 Å². The Hall–Kier alpha value is -3.46. The molecule has 3 aromatic heterocycles. The zero-order valence-electron chi connectivity index (χ0n) is 15.5. The molecular formula is C20H18N4O4S. The molecule has 3 heterocycles. The second kappa shape index (κ2) is 7.88. The number of aromatic amines is 1. The van der Waals surface area contributed by atoms with Crippen LogP contribution >= 0.6 is 11.3 Å². The van der Waals surface area contributed by atoms with Gasteiger partial charge in [0, 0.05) is 48.1 Å². The van der Waals surface area contributed by atoms with E-state index in [-0.39, 0.29) is 24.5 Å². The smallest absolute Gasteiger partial charge is 0.329 e. The van der Waals surface area contributed by atoms with Gasteiger partial charge < -0.3 is 15.0 Å². The van der Waals surface area contributed by atoms with E-state index < -0.39 is 12.0 Å². The van der Waals surface area contributed by atoms with Gasteiger partial charge in [0.2, 0.25) is 5.91 Å². The fourth-order valence-corrected chi connectivity index (χ4v) is 3.91. The van der Waals surface area contributed by atoms with Crippen LogP contribution in [0.2, 0.25) is 0 Å². The highest BCUT2D eigenvalue weighted by Crippen LogP contribution is 2.19. The molecule has 2 N–H and O–H groups in total. The average Bonchev–Trinajstić information content (AvgIpc) is 3.33. The Morgan fingerprint density at radius 2 is 2.17 bits per heavy atom. The molecule has 0 spiro atoms. The maximum absolute atomic E-state index is 12.7. The Kier molecular flexibility index (Phi) is 5.13.